The maximum Gasteiger partial charge on any atom is 0.329 e. The number of hydrogen-bond donors (Lipinski definition) is 2. The number of nitriles is 1. The maximum absolute atomic E-state index is 12.4. The summed E-state index contributed by atoms with van der Waals surface area (Å²) in [5, 5.41) is 14.2. The summed E-state index contributed by atoms with van der Waals surface area (Å²) in [6, 6.07) is 16.8. The van der Waals surface area contributed by atoms with Crippen LogP contribution in [0.4, 0.5) is 5.69 Å². The molecule has 0 fully saturated rings. The van der Waals surface area contributed by atoms with Crippen molar-refractivity contribution in [3.8, 4) is 6.07 Å². The second kappa shape index (κ2) is 10.6. The van der Waals surface area contributed by atoms with Gasteiger partial charge in [0.25, 0.3) is 5.91 Å². The van der Waals surface area contributed by atoms with Crippen molar-refractivity contribution in [3.63, 3.8) is 0 Å². The molecule has 0 aromatic heterocycles. The lowest BCUT2D eigenvalue weighted by Gasteiger charge is -2.21. The van der Waals surface area contributed by atoms with E-state index < -0.39 is 24.5 Å². The zero-order valence-corrected chi connectivity index (χ0v) is 16.3. The SMILES string of the molecule is CC(C)[C@H](NC(=O)Cc1ccccc1)C(=O)OCC(=O)Nc1ccccc1C#N. The van der Waals surface area contributed by atoms with Crippen LogP contribution in [0.3, 0.4) is 0 Å². The second-order valence-electron chi connectivity index (χ2n) is 6.76. The first-order valence-corrected chi connectivity index (χ1v) is 9.19. The van der Waals surface area contributed by atoms with Gasteiger partial charge in [-0.1, -0.05) is 56.3 Å². The summed E-state index contributed by atoms with van der Waals surface area (Å²) >= 11 is 0. The number of rotatable bonds is 8. The van der Waals surface area contributed by atoms with E-state index in [1.807, 2.05) is 36.4 Å². The topological polar surface area (TPSA) is 108 Å². The first kappa shape index (κ1) is 21.6. The summed E-state index contributed by atoms with van der Waals surface area (Å²) < 4.78 is 5.08. The number of benzene rings is 2. The second-order valence-corrected chi connectivity index (χ2v) is 6.76. The third-order valence-electron chi connectivity index (χ3n) is 4.11. The van der Waals surface area contributed by atoms with Crippen molar-refractivity contribution in [1.82, 2.24) is 5.32 Å². The number of nitrogens with zero attached hydrogens (tertiary/aromatic N) is 1. The fourth-order valence-corrected chi connectivity index (χ4v) is 2.61. The highest BCUT2D eigenvalue weighted by Crippen LogP contribution is 2.13. The van der Waals surface area contributed by atoms with E-state index in [0.29, 0.717) is 11.3 Å². The molecule has 0 heterocycles. The average molecular weight is 393 g/mol. The van der Waals surface area contributed by atoms with Gasteiger partial charge in [0.1, 0.15) is 12.1 Å². The molecule has 2 rings (SSSR count). The van der Waals surface area contributed by atoms with Crippen LogP contribution in [0.25, 0.3) is 0 Å². The van der Waals surface area contributed by atoms with Gasteiger partial charge < -0.3 is 15.4 Å². The standard InChI is InChI=1S/C22H23N3O4/c1-15(2)21(25-19(26)12-16-8-4-3-5-9-16)22(28)29-14-20(27)24-18-11-7-6-10-17(18)13-23/h3-11,15,21H,12,14H2,1-2H3,(H,24,27)(H,25,26)/t21-/m0/s1. The minimum Gasteiger partial charge on any atom is -0.454 e. The molecule has 1 atom stereocenters. The van der Waals surface area contributed by atoms with Crippen molar-refractivity contribution >= 4 is 23.5 Å². The Kier molecular flexibility index (Phi) is 7.92. The Hall–Kier alpha value is -3.66. The number of esters is 1. The van der Waals surface area contributed by atoms with Crippen molar-refractivity contribution in [3.05, 3.63) is 65.7 Å². The van der Waals surface area contributed by atoms with Gasteiger partial charge in [-0.25, -0.2) is 4.79 Å². The van der Waals surface area contributed by atoms with Crippen LogP contribution in [0.15, 0.2) is 54.6 Å². The molecule has 2 aromatic carbocycles. The van der Waals surface area contributed by atoms with Crippen molar-refractivity contribution < 1.29 is 19.1 Å². The number of carbonyl (C=O) groups is 3. The molecule has 2 N–H and O–H groups in total. The van der Waals surface area contributed by atoms with Crippen LogP contribution in [-0.4, -0.2) is 30.4 Å². The maximum atomic E-state index is 12.4. The predicted molar refractivity (Wildman–Crippen MR) is 108 cm³/mol. The number of anilines is 1. The van der Waals surface area contributed by atoms with Crippen LogP contribution in [0.2, 0.25) is 0 Å². The van der Waals surface area contributed by atoms with E-state index in [2.05, 4.69) is 10.6 Å². The van der Waals surface area contributed by atoms with Gasteiger partial charge in [0, 0.05) is 0 Å². The molecule has 7 heteroatoms. The first-order chi connectivity index (χ1) is 13.9. The highest BCUT2D eigenvalue weighted by Gasteiger charge is 2.26. The molecule has 0 aliphatic carbocycles. The van der Waals surface area contributed by atoms with E-state index in [0.717, 1.165) is 5.56 Å². The molecule has 0 saturated carbocycles. The Morgan fingerprint density at radius 2 is 1.66 bits per heavy atom. The average Bonchev–Trinajstić information content (AvgIpc) is 2.71. The van der Waals surface area contributed by atoms with Gasteiger partial charge in [-0.2, -0.15) is 5.26 Å². The molecule has 29 heavy (non-hydrogen) atoms. The fourth-order valence-electron chi connectivity index (χ4n) is 2.61. The van der Waals surface area contributed by atoms with E-state index >= 15 is 0 Å². The molecule has 0 spiro atoms. The molecule has 150 valence electrons. The van der Waals surface area contributed by atoms with Crippen molar-refractivity contribution in [1.29, 1.82) is 5.26 Å². The van der Waals surface area contributed by atoms with E-state index in [9.17, 15) is 14.4 Å². The lowest BCUT2D eigenvalue weighted by molar-refractivity contribution is -0.151. The number of hydrogen-bond acceptors (Lipinski definition) is 5. The van der Waals surface area contributed by atoms with Crippen molar-refractivity contribution in [2.45, 2.75) is 26.3 Å². The number of ether oxygens (including phenoxy) is 1. The first-order valence-electron chi connectivity index (χ1n) is 9.19. The number of amides is 2. The summed E-state index contributed by atoms with van der Waals surface area (Å²) in [6.07, 6.45) is 0.142. The predicted octanol–water partition coefficient (Wildman–Crippen LogP) is 2.42. The quantitative estimate of drug-likeness (QED) is 0.670. The van der Waals surface area contributed by atoms with Gasteiger partial charge in [0.2, 0.25) is 5.91 Å². The fraction of sp³-hybridized carbons (Fsp3) is 0.273. The minimum atomic E-state index is -0.870. The summed E-state index contributed by atoms with van der Waals surface area (Å²) in [5.41, 5.74) is 1.48. The third-order valence-corrected chi connectivity index (χ3v) is 4.11. The van der Waals surface area contributed by atoms with Crippen LogP contribution in [-0.2, 0) is 25.5 Å². The number of para-hydroxylation sites is 1. The van der Waals surface area contributed by atoms with Gasteiger partial charge in [-0.3, -0.25) is 9.59 Å². The summed E-state index contributed by atoms with van der Waals surface area (Å²) in [4.78, 5) is 36.7. The smallest absolute Gasteiger partial charge is 0.329 e. The molecule has 0 saturated heterocycles. The third kappa shape index (κ3) is 6.78. The highest BCUT2D eigenvalue weighted by molar-refractivity contribution is 5.94. The Labute approximate surface area is 169 Å². The van der Waals surface area contributed by atoms with E-state index in [1.54, 1.807) is 38.1 Å². The zero-order valence-electron chi connectivity index (χ0n) is 16.3. The summed E-state index contributed by atoms with van der Waals surface area (Å²) in [6.45, 7) is 3.03. The minimum absolute atomic E-state index is 0.142. The van der Waals surface area contributed by atoms with Gasteiger partial charge in [0.15, 0.2) is 6.61 Å². The molecular formula is C22H23N3O4. The molecule has 0 radical (unpaired) electrons. The monoisotopic (exact) mass is 393 g/mol. The van der Waals surface area contributed by atoms with Crippen LogP contribution >= 0.6 is 0 Å². The molecular weight excluding hydrogens is 370 g/mol. The van der Waals surface area contributed by atoms with Crippen LogP contribution in [0.5, 0.6) is 0 Å². The highest BCUT2D eigenvalue weighted by atomic mass is 16.5. The van der Waals surface area contributed by atoms with E-state index in [-0.39, 0.29) is 18.2 Å². The van der Waals surface area contributed by atoms with E-state index in [4.69, 9.17) is 10.00 Å². The normalized spacial score (nSPS) is 11.2. The number of nitrogens with one attached hydrogen (secondary N) is 2. The summed E-state index contributed by atoms with van der Waals surface area (Å²) in [7, 11) is 0. The largest absolute Gasteiger partial charge is 0.454 e. The van der Waals surface area contributed by atoms with Crippen LogP contribution in [0.1, 0.15) is 25.0 Å². The van der Waals surface area contributed by atoms with Gasteiger partial charge in [-0.05, 0) is 23.6 Å². The Morgan fingerprint density at radius 3 is 2.31 bits per heavy atom. The zero-order chi connectivity index (χ0) is 21.2. The number of carbonyl (C=O) groups excluding carboxylic acids is 3. The molecule has 0 bridgehead atoms. The van der Waals surface area contributed by atoms with Crippen LogP contribution in [0, 0.1) is 17.2 Å². The molecule has 7 nitrogen and oxygen atoms in total. The molecule has 0 aliphatic rings. The van der Waals surface area contributed by atoms with Gasteiger partial charge in [0.05, 0.1) is 17.7 Å². The van der Waals surface area contributed by atoms with Crippen LogP contribution < -0.4 is 10.6 Å². The van der Waals surface area contributed by atoms with Crippen molar-refractivity contribution in [2.75, 3.05) is 11.9 Å². The van der Waals surface area contributed by atoms with Gasteiger partial charge in [-0.15, -0.1) is 0 Å². The Morgan fingerprint density at radius 1 is 1.00 bits per heavy atom. The van der Waals surface area contributed by atoms with Gasteiger partial charge >= 0.3 is 5.97 Å². The lowest BCUT2D eigenvalue weighted by atomic mass is 10.0. The van der Waals surface area contributed by atoms with Crippen molar-refractivity contribution in [2.24, 2.45) is 5.92 Å². The molecule has 2 amide bonds. The van der Waals surface area contributed by atoms with E-state index in [1.165, 1.54) is 0 Å². The molecule has 2 aromatic rings. The Bertz CT molecular complexity index is 904. The molecule has 0 aliphatic heterocycles. The summed E-state index contributed by atoms with van der Waals surface area (Å²) in [5.74, 6) is -1.78. The molecule has 0 unspecified atom stereocenters. The lowest BCUT2D eigenvalue weighted by Crippen LogP contribution is -2.46. The Balaban J connectivity index is 1.89.